The van der Waals surface area contributed by atoms with Gasteiger partial charge in [0.1, 0.15) is 0 Å². The number of nitrogens with zero attached hydrogens (tertiary/aromatic N) is 5. The second kappa shape index (κ2) is 8.21. The predicted octanol–water partition coefficient (Wildman–Crippen LogP) is 2.67. The van der Waals surface area contributed by atoms with Gasteiger partial charge in [-0.25, -0.2) is 4.98 Å². The summed E-state index contributed by atoms with van der Waals surface area (Å²) >= 11 is 0. The second-order valence-electron chi connectivity index (χ2n) is 7.68. The molecular weight excluding hydrogens is 366 g/mol. The van der Waals surface area contributed by atoms with Gasteiger partial charge in [0.15, 0.2) is 5.65 Å². The number of imidazole rings is 1. The van der Waals surface area contributed by atoms with Crippen LogP contribution < -0.4 is 9.80 Å². The monoisotopic (exact) mass is 393 g/mol. The van der Waals surface area contributed by atoms with E-state index in [-0.39, 0.29) is 12.5 Å². The van der Waals surface area contributed by atoms with Crippen LogP contribution in [0.4, 0.5) is 11.6 Å². The number of aliphatic hydroxyl groups is 1. The summed E-state index contributed by atoms with van der Waals surface area (Å²) < 4.78 is 2.16. The van der Waals surface area contributed by atoms with Crippen molar-refractivity contribution in [1.82, 2.24) is 14.5 Å². The molecule has 0 atom stereocenters. The number of hydrogen-bond donors (Lipinski definition) is 1. The second-order valence-corrected chi connectivity index (χ2v) is 7.68. The molecule has 1 aliphatic heterocycles. The molecule has 7 heteroatoms. The number of benzene rings is 1. The minimum atomic E-state index is 0.0801. The summed E-state index contributed by atoms with van der Waals surface area (Å²) in [5.74, 6) is 1.23. The maximum atomic E-state index is 12.3. The van der Waals surface area contributed by atoms with Crippen molar-refractivity contribution in [3.63, 3.8) is 0 Å². The largest absolute Gasteiger partial charge is 0.396 e. The van der Waals surface area contributed by atoms with Gasteiger partial charge in [0.2, 0.25) is 11.9 Å². The smallest absolute Gasteiger partial charge is 0.226 e. The van der Waals surface area contributed by atoms with Crippen LogP contribution in [-0.2, 0) is 11.3 Å². The highest BCUT2D eigenvalue weighted by atomic mass is 16.3. The van der Waals surface area contributed by atoms with E-state index in [1.807, 2.05) is 31.2 Å². The van der Waals surface area contributed by atoms with Gasteiger partial charge in [-0.15, -0.1) is 0 Å². The van der Waals surface area contributed by atoms with Crippen molar-refractivity contribution in [2.75, 3.05) is 36.5 Å². The highest BCUT2D eigenvalue weighted by Crippen LogP contribution is 2.30. The number of hydrogen-bond acceptors (Lipinski definition) is 5. The lowest BCUT2D eigenvalue weighted by Crippen LogP contribution is -2.49. The quantitative estimate of drug-likeness (QED) is 0.668. The molecule has 1 fully saturated rings. The first-order valence-corrected chi connectivity index (χ1v) is 10.1. The van der Waals surface area contributed by atoms with E-state index < -0.39 is 0 Å². The van der Waals surface area contributed by atoms with E-state index >= 15 is 0 Å². The zero-order valence-electron chi connectivity index (χ0n) is 17.0. The average molecular weight is 393 g/mol. The van der Waals surface area contributed by atoms with Crippen LogP contribution in [0.1, 0.15) is 25.3 Å². The number of aliphatic hydroxyl groups excluding tert-OH is 1. The van der Waals surface area contributed by atoms with Crippen LogP contribution in [0.25, 0.3) is 11.2 Å². The fourth-order valence-corrected chi connectivity index (χ4v) is 3.70. The molecule has 1 saturated heterocycles. The number of anilines is 2. The Bertz CT molecular complexity index is 995. The number of fused-ring (bicyclic) bond motifs is 1. The molecule has 0 unspecified atom stereocenters. The van der Waals surface area contributed by atoms with E-state index in [9.17, 15) is 9.90 Å². The summed E-state index contributed by atoms with van der Waals surface area (Å²) in [7, 11) is 1.79. The Morgan fingerprint density at radius 2 is 2.03 bits per heavy atom. The predicted molar refractivity (Wildman–Crippen MR) is 114 cm³/mol. The van der Waals surface area contributed by atoms with Crippen LogP contribution in [0.3, 0.4) is 0 Å². The zero-order chi connectivity index (χ0) is 20.4. The summed E-state index contributed by atoms with van der Waals surface area (Å²) in [5, 5.41) is 9.38. The third-order valence-electron chi connectivity index (χ3n) is 5.48. The Labute approximate surface area is 170 Å². The SMILES string of the molecule is CCCC(=O)N(C)c1cnc2nc(N3CC(CO)C3)n(Cc3ccccc3)c2c1. The van der Waals surface area contributed by atoms with Gasteiger partial charge >= 0.3 is 0 Å². The summed E-state index contributed by atoms with van der Waals surface area (Å²) in [4.78, 5) is 25.5. The molecule has 3 aromatic rings. The lowest BCUT2D eigenvalue weighted by Gasteiger charge is -2.39. The molecule has 29 heavy (non-hydrogen) atoms. The van der Waals surface area contributed by atoms with Gasteiger partial charge in [0.05, 0.1) is 23.9 Å². The van der Waals surface area contributed by atoms with E-state index in [1.54, 1.807) is 18.1 Å². The third-order valence-corrected chi connectivity index (χ3v) is 5.48. The Balaban J connectivity index is 1.74. The van der Waals surface area contributed by atoms with Gasteiger partial charge in [-0.05, 0) is 18.1 Å². The van der Waals surface area contributed by atoms with E-state index in [1.165, 1.54) is 5.56 Å². The highest BCUT2D eigenvalue weighted by Gasteiger charge is 2.30. The minimum absolute atomic E-state index is 0.0801. The molecule has 7 nitrogen and oxygen atoms in total. The average Bonchev–Trinajstić information content (AvgIpc) is 3.05. The number of pyridine rings is 1. The molecule has 2 aromatic heterocycles. The Morgan fingerprint density at radius 3 is 2.72 bits per heavy atom. The molecule has 4 rings (SSSR count). The molecule has 1 amide bonds. The molecule has 0 saturated carbocycles. The van der Waals surface area contributed by atoms with Gasteiger partial charge < -0.3 is 19.5 Å². The molecule has 1 aromatic carbocycles. The molecule has 0 radical (unpaired) electrons. The lowest BCUT2D eigenvalue weighted by atomic mass is 10.0. The first-order valence-electron chi connectivity index (χ1n) is 10.1. The lowest BCUT2D eigenvalue weighted by molar-refractivity contribution is -0.118. The van der Waals surface area contributed by atoms with Crippen LogP contribution in [0, 0.1) is 5.92 Å². The van der Waals surface area contributed by atoms with Crippen LogP contribution in [0.2, 0.25) is 0 Å². The maximum Gasteiger partial charge on any atom is 0.226 e. The van der Waals surface area contributed by atoms with Crippen LogP contribution >= 0.6 is 0 Å². The van der Waals surface area contributed by atoms with Crippen LogP contribution in [0.5, 0.6) is 0 Å². The molecule has 3 heterocycles. The number of aromatic nitrogens is 3. The molecule has 0 aliphatic carbocycles. The summed E-state index contributed by atoms with van der Waals surface area (Å²) in [6, 6.07) is 12.2. The van der Waals surface area contributed by atoms with Gasteiger partial charge in [-0.2, -0.15) is 4.98 Å². The number of rotatable bonds is 7. The minimum Gasteiger partial charge on any atom is -0.396 e. The van der Waals surface area contributed by atoms with Crippen molar-refractivity contribution in [3.05, 3.63) is 48.2 Å². The third kappa shape index (κ3) is 3.82. The van der Waals surface area contributed by atoms with Crippen molar-refractivity contribution in [3.8, 4) is 0 Å². The molecule has 1 N–H and O–H groups in total. The molecule has 152 valence electrons. The topological polar surface area (TPSA) is 74.5 Å². The Kier molecular flexibility index (Phi) is 5.49. The molecule has 0 spiro atoms. The van der Waals surface area contributed by atoms with Crippen molar-refractivity contribution in [1.29, 1.82) is 0 Å². The first kappa shape index (κ1) is 19.4. The number of carbonyl (C=O) groups is 1. The summed E-state index contributed by atoms with van der Waals surface area (Å²) in [6.07, 6.45) is 3.04. The van der Waals surface area contributed by atoms with Crippen molar-refractivity contribution < 1.29 is 9.90 Å². The van der Waals surface area contributed by atoms with Crippen molar-refractivity contribution >= 4 is 28.7 Å². The van der Waals surface area contributed by atoms with Crippen molar-refractivity contribution in [2.45, 2.75) is 26.3 Å². The van der Waals surface area contributed by atoms with Gasteiger partial charge in [0.25, 0.3) is 0 Å². The normalized spacial score (nSPS) is 14.2. The van der Waals surface area contributed by atoms with Crippen LogP contribution in [0.15, 0.2) is 42.6 Å². The maximum absolute atomic E-state index is 12.3. The Hall–Kier alpha value is -2.93. The fraction of sp³-hybridized carbons (Fsp3) is 0.409. The number of amides is 1. The number of carbonyl (C=O) groups excluding carboxylic acids is 1. The van der Waals surface area contributed by atoms with Gasteiger partial charge in [0, 0.05) is 39.1 Å². The van der Waals surface area contributed by atoms with E-state index in [0.717, 1.165) is 36.7 Å². The van der Waals surface area contributed by atoms with E-state index in [2.05, 4.69) is 26.6 Å². The fourth-order valence-electron chi connectivity index (χ4n) is 3.70. The van der Waals surface area contributed by atoms with Gasteiger partial charge in [-0.3, -0.25) is 4.79 Å². The zero-order valence-corrected chi connectivity index (χ0v) is 17.0. The molecule has 1 aliphatic rings. The van der Waals surface area contributed by atoms with Crippen LogP contribution in [-0.4, -0.2) is 52.3 Å². The van der Waals surface area contributed by atoms with Crippen molar-refractivity contribution in [2.24, 2.45) is 5.92 Å². The highest BCUT2D eigenvalue weighted by molar-refractivity contribution is 5.94. The Morgan fingerprint density at radius 1 is 1.28 bits per heavy atom. The van der Waals surface area contributed by atoms with E-state index in [0.29, 0.717) is 24.5 Å². The molecular formula is C22H27N5O2. The first-order chi connectivity index (χ1) is 14.1. The standard InChI is InChI=1S/C22H27N5O2/c1-3-7-20(29)25(2)18-10-19-21(23-11-18)24-22(26-12-17(13-26)15-28)27(19)14-16-8-5-4-6-9-16/h4-6,8-11,17,28H,3,7,12-15H2,1-2H3. The summed E-state index contributed by atoms with van der Waals surface area (Å²) in [6.45, 7) is 4.45. The summed E-state index contributed by atoms with van der Waals surface area (Å²) in [5.41, 5.74) is 3.52. The van der Waals surface area contributed by atoms with E-state index in [4.69, 9.17) is 4.98 Å². The van der Waals surface area contributed by atoms with Gasteiger partial charge in [-0.1, -0.05) is 37.3 Å². The molecule has 0 bridgehead atoms.